The lowest BCUT2D eigenvalue weighted by atomic mass is 10.0. The molecule has 0 bridgehead atoms. The molecule has 1 rings (SSSR count). The van der Waals surface area contributed by atoms with E-state index in [1.807, 2.05) is 0 Å². The van der Waals surface area contributed by atoms with Gasteiger partial charge in [-0.1, -0.05) is 0 Å². The van der Waals surface area contributed by atoms with E-state index in [4.69, 9.17) is 15.9 Å². The highest BCUT2D eigenvalue weighted by atomic mass is 19.1. The van der Waals surface area contributed by atoms with Gasteiger partial charge in [0.1, 0.15) is 5.75 Å². The van der Waals surface area contributed by atoms with E-state index in [2.05, 4.69) is 0 Å². The second kappa shape index (κ2) is 4.14. The van der Waals surface area contributed by atoms with Gasteiger partial charge in [0.05, 0.1) is 6.42 Å². The third-order valence-corrected chi connectivity index (χ3v) is 1.89. The largest absolute Gasteiger partial charge is 0.507 e. The molecular weight excluding hydrogens is 205 g/mol. The molecule has 1 unspecified atom stereocenters. The monoisotopic (exact) mass is 215 g/mol. The van der Waals surface area contributed by atoms with Gasteiger partial charge in [0.15, 0.2) is 11.6 Å². The lowest BCUT2D eigenvalue weighted by Crippen LogP contribution is -2.15. The minimum absolute atomic E-state index is 0.00343. The van der Waals surface area contributed by atoms with Crippen molar-refractivity contribution in [2.75, 3.05) is 0 Å². The topological polar surface area (TPSA) is 104 Å². The van der Waals surface area contributed by atoms with Crippen LogP contribution in [-0.4, -0.2) is 21.3 Å². The molecule has 0 aliphatic heterocycles. The van der Waals surface area contributed by atoms with E-state index in [9.17, 15) is 14.3 Å². The second-order valence-corrected chi connectivity index (χ2v) is 3.07. The Morgan fingerprint density at radius 1 is 1.40 bits per heavy atom. The van der Waals surface area contributed by atoms with Gasteiger partial charge >= 0.3 is 5.97 Å². The van der Waals surface area contributed by atoms with Crippen LogP contribution in [0.3, 0.4) is 0 Å². The fourth-order valence-electron chi connectivity index (χ4n) is 1.16. The lowest BCUT2D eigenvalue weighted by molar-refractivity contribution is -0.137. The number of rotatable bonds is 3. The average Bonchev–Trinajstić information content (AvgIpc) is 2.09. The summed E-state index contributed by atoms with van der Waals surface area (Å²) >= 11 is 0. The fourth-order valence-corrected chi connectivity index (χ4v) is 1.16. The highest BCUT2D eigenvalue weighted by Crippen LogP contribution is 2.30. The summed E-state index contributed by atoms with van der Waals surface area (Å²) in [5, 5.41) is 26.8. The molecule has 15 heavy (non-hydrogen) atoms. The summed E-state index contributed by atoms with van der Waals surface area (Å²) < 4.78 is 12.7. The second-order valence-electron chi connectivity index (χ2n) is 3.07. The predicted octanol–water partition coefficient (Wildman–Crippen LogP) is 0.711. The first-order chi connectivity index (χ1) is 6.91. The van der Waals surface area contributed by atoms with Crippen LogP contribution in [-0.2, 0) is 4.79 Å². The number of carboxylic acids is 1. The summed E-state index contributed by atoms with van der Waals surface area (Å²) in [6.07, 6.45) is -0.418. The number of aromatic hydroxyl groups is 2. The summed E-state index contributed by atoms with van der Waals surface area (Å²) in [7, 11) is 0. The van der Waals surface area contributed by atoms with Crippen molar-refractivity contribution in [3.8, 4) is 11.5 Å². The van der Waals surface area contributed by atoms with E-state index in [1.165, 1.54) is 0 Å². The van der Waals surface area contributed by atoms with Gasteiger partial charge in [-0.15, -0.1) is 0 Å². The van der Waals surface area contributed by atoms with Crippen LogP contribution >= 0.6 is 0 Å². The van der Waals surface area contributed by atoms with Crippen molar-refractivity contribution >= 4 is 5.97 Å². The highest BCUT2D eigenvalue weighted by molar-refractivity contribution is 5.68. The number of nitrogens with two attached hydrogens (primary N) is 1. The first-order valence-electron chi connectivity index (χ1n) is 4.10. The first kappa shape index (κ1) is 11.3. The zero-order valence-electron chi connectivity index (χ0n) is 7.64. The molecule has 0 fully saturated rings. The van der Waals surface area contributed by atoms with Gasteiger partial charge in [-0.05, 0) is 6.07 Å². The van der Waals surface area contributed by atoms with E-state index in [0.29, 0.717) is 6.07 Å². The van der Waals surface area contributed by atoms with Crippen LogP contribution in [0.15, 0.2) is 12.1 Å². The molecule has 1 aromatic rings. The molecule has 0 aliphatic carbocycles. The Kier molecular flexibility index (Phi) is 3.11. The van der Waals surface area contributed by atoms with Crippen LogP contribution in [0.1, 0.15) is 18.0 Å². The SMILES string of the molecule is NC(CC(=O)O)c1cc(O)c(F)cc1O. The normalized spacial score (nSPS) is 12.4. The smallest absolute Gasteiger partial charge is 0.305 e. The average molecular weight is 215 g/mol. The number of hydrogen-bond acceptors (Lipinski definition) is 4. The fraction of sp³-hybridized carbons (Fsp3) is 0.222. The Morgan fingerprint density at radius 3 is 2.53 bits per heavy atom. The van der Waals surface area contributed by atoms with Gasteiger partial charge in [-0.2, -0.15) is 0 Å². The molecule has 0 heterocycles. The van der Waals surface area contributed by atoms with Gasteiger partial charge in [0.2, 0.25) is 0 Å². The highest BCUT2D eigenvalue weighted by Gasteiger charge is 2.17. The van der Waals surface area contributed by atoms with Crippen LogP contribution in [0.4, 0.5) is 4.39 Å². The van der Waals surface area contributed by atoms with E-state index in [1.54, 1.807) is 0 Å². The number of phenolic OH excluding ortho intramolecular Hbond substituents is 2. The minimum Gasteiger partial charge on any atom is -0.507 e. The molecule has 82 valence electrons. The van der Waals surface area contributed by atoms with Crippen molar-refractivity contribution in [1.82, 2.24) is 0 Å². The summed E-state index contributed by atoms with van der Waals surface area (Å²) in [5.74, 6) is -3.29. The van der Waals surface area contributed by atoms with Gasteiger partial charge in [-0.25, -0.2) is 4.39 Å². The molecule has 0 aliphatic rings. The minimum atomic E-state index is -1.15. The number of aliphatic carboxylic acids is 1. The molecule has 1 atom stereocenters. The molecule has 6 heteroatoms. The van der Waals surface area contributed by atoms with Crippen LogP contribution in [0.25, 0.3) is 0 Å². The lowest BCUT2D eigenvalue weighted by Gasteiger charge is -2.11. The van der Waals surface area contributed by atoms with Crippen molar-refractivity contribution in [3.05, 3.63) is 23.5 Å². The number of hydrogen-bond donors (Lipinski definition) is 4. The van der Waals surface area contributed by atoms with Crippen LogP contribution in [0.5, 0.6) is 11.5 Å². The molecule has 0 radical (unpaired) electrons. The van der Waals surface area contributed by atoms with E-state index < -0.39 is 35.7 Å². The van der Waals surface area contributed by atoms with Crippen LogP contribution in [0.2, 0.25) is 0 Å². The molecular formula is C9H10FNO4. The van der Waals surface area contributed by atoms with Crippen molar-refractivity contribution < 1.29 is 24.5 Å². The summed E-state index contributed by atoms with van der Waals surface area (Å²) in [6, 6.07) is 0.610. The Balaban J connectivity index is 3.03. The maximum absolute atomic E-state index is 12.7. The number of carbonyl (C=O) groups is 1. The summed E-state index contributed by atoms with van der Waals surface area (Å²) in [4.78, 5) is 10.3. The van der Waals surface area contributed by atoms with Crippen molar-refractivity contribution in [2.24, 2.45) is 5.73 Å². The molecule has 0 spiro atoms. The third-order valence-electron chi connectivity index (χ3n) is 1.89. The Morgan fingerprint density at radius 2 is 2.00 bits per heavy atom. The zero-order chi connectivity index (χ0) is 11.6. The molecule has 5 nitrogen and oxygen atoms in total. The van der Waals surface area contributed by atoms with Gasteiger partial charge in [0, 0.05) is 17.7 Å². The van der Waals surface area contributed by atoms with Crippen molar-refractivity contribution in [1.29, 1.82) is 0 Å². The number of carboxylic acid groups (broad SMARTS) is 1. The number of halogens is 1. The quantitative estimate of drug-likeness (QED) is 0.556. The third kappa shape index (κ3) is 2.57. The maximum atomic E-state index is 12.7. The predicted molar refractivity (Wildman–Crippen MR) is 48.9 cm³/mol. The van der Waals surface area contributed by atoms with Gasteiger partial charge < -0.3 is 21.1 Å². The molecule has 0 amide bonds. The van der Waals surface area contributed by atoms with E-state index in [-0.39, 0.29) is 5.56 Å². The molecule has 5 N–H and O–H groups in total. The molecule has 1 aromatic carbocycles. The van der Waals surface area contributed by atoms with E-state index in [0.717, 1.165) is 6.07 Å². The van der Waals surface area contributed by atoms with Gasteiger partial charge in [-0.3, -0.25) is 4.79 Å². The first-order valence-corrected chi connectivity index (χ1v) is 4.10. The Hall–Kier alpha value is -1.82. The number of benzene rings is 1. The van der Waals surface area contributed by atoms with Crippen LogP contribution < -0.4 is 5.73 Å². The number of phenols is 2. The maximum Gasteiger partial charge on any atom is 0.305 e. The standard InChI is InChI=1S/C9H10FNO4/c10-5-2-7(12)4(1-8(5)13)6(11)3-9(14)15/h1-2,6,12-13H,3,11H2,(H,14,15). The summed E-state index contributed by atoms with van der Waals surface area (Å²) in [6.45, 7) is 0. The van der Waals surface area contributed by atoms with E-state index >= 15 is 0 Å². The Bertz CT molecular complexity index is 394. The zero-order valence-corrected chi connectivity index (χ0v) is 7.64. The van der Waals surface area contributed by atoms with Crippen molar-refractivity contribution in [2.45, 2.75) is 12.5 Å². The Labute approximate surface area is 84.6 Å². The summed E-state index contributed by atoms with van der Waals surface area (Å²) in [5.41, 5.74) is 5.44. The van der Waals surface area contributed by atoms with Crippen LogP contribution in [0, 0.1) is 5.82 Å². The van der Waals surface area contributed by atoms with Crippen molar-refractivity contribution in [3.63, 3.8) is 0 Å². The molecule has 0 saturated carbocycles. The van der Waals surface area contributed by atoms with Gasteiger partial charge in [0.25, 0.3) is 0 Å². The molecule has 0 saturated heterocycles. The molecule has 0 aromatic heterocycles.